The fourth-order valence-electron chi connectivity index (χ4n) is 11.0. The second-order valence-electron chi connectivity index (χ2n) is 22.7. The number of piperazine rings is 1. The summed E-state index contributed by atoms with van der Waals surface area (Å²) in [6, 6.07) is -0.631. The van der Waals surface area contributed by atoms with Gasteiger partial charge < -0.3 is 19.8 Å². The van der Waals surface area contributed by atoms with Crippen LogP contribution in [0.2, 0.25) is 0 Å². The lowest BCUT2D eigenvalue weighted by Crippen LogP contribution is -2.55. The van der Waals surface area contributed by atoms with Gasteiger partial charge in [0.25, 0.3) is 0 Å². The Balaban J connectivity index is 2.90. The summed E-state index contributed by atoms with van der Waals surface area (Å²) in [7, 11) is 0. The molecule has 1 heterocycles. The highest BCUT2D eigenvalue weighted by atomic mass is 16.4. The number of carboxylic acids is 1. The van der Waals surface area contributed by atoms with Gasteiger partial charge in [0.05, 0.1) is 13.1 Å². The molecule has 2 amide bonds. The van der Waals surface area contributed by atoms with Crippen LogP contribution in [0.5, 0.6) is 0 Å². The number of aliphatic carboxylic acids is 1. The maximum absolute atomic E-state index is 14.1. The van der Waals surface area contributed by atoms with E-state index in [1.54, 1.807) is 0 Å². The van der Waals surface area contributed by atoms with Crippen LogP contribution < -0.4 is 0 Å². The van der Waals surface area contributed by atoms with Gasteiger partial charge in [0.15, 0.2) is 0 Å². The molecule has 1 N–H and O–H groups in total. The van der Waals surface area contributed by atoms with Crippen LogP contribution in [0, 0.1) is 0 Å². The molecular formula is C63H125N5O4. The van der Waals surface area contributed by atoms with Crippen molar-refractivity contribution in [3.8, 4) is 0 Å². The van der Waals surface area contributed by atoms with E-state index >= 15 is 0 Å². The van der Waals surface area contributed by atoms with Crippen LogP contribution in [-0.2, 0) is 14.4 Å². The maximum Gasteiger partial charge on any atom is 0.320 e. The van der Waals surface area contributed by atoms with Crippen molar-refractivity contribution in [2.24, 2.45) is 0 Å². The Kier molecular flexibility index (Phi) is 48.8. The van der Waals surface area contributed by atoms with Gasteiger partial charge in [-0.05, 0) is 58.3 Å². The lowest BCUT2D eigenvalue weighted by atomic mass is 10.0. The quantitative estimate of drug-likeness (QED) is 0.0607. The molecule has 9 nitrogen and oxygen atoms in total. The molecule has 1 aliphatic heterocycles. The van der Waals surface area contributed by atoms with Gasteiger partial charge in [0.1, 0.15) is 6.04 Å². The van der Waals surface area contributed by atoms with Crippen molar-refractivity contribution in [3.63, 3.8) is 0 Å². The van der Waals surface area contributed by atoms with Gasteiger partial charge >= 0.3 is 5.97 Å². The Labute approximate surface area is 448 Å². The predicted octanol–water partition coefficient (Wildman–Crippen LogP) is 16.5. The van der Waals surface area contributed by atoms with Crippen LogP contribution in [0.4, 0.5) is 0 Å². The third kappa shape index (κ3) is 39.7. The molecule has 0 radical (unpaired) electrons. The number of rotatable bonds is 55. The zero-order valence-corrected chi connectivity index (χ0v) is 49.2. The van der Waals surface area contributed by atoms with Crippen molar-refractivity contribution in [2.45, 2.75) is 310 Å². The van der Waals surface area contributed by atoms with Crippen LogP contribution >= 0.6 is 0 Å². The Bertz CT molecular complexity index is 1180. The summed E-state index contributed by atoms with van der Waals surface area (Å²) in [5.74, 6) is -0.577. The molecule has 1 atom stereocenters. The number of amides is 2. The number of carboxylic acid groups (broad SMARTS) is 1. The summed E-state index contributed by atoms with van der Waals surface area (Å²) < 4.78 is 0. The van der Waals surface area contributed by atoms with Gasteiger partial charge in [0, 0.05) is 39.3 Å². The van der Waals surface area contributed by atoms with Crippen molar-refractivity contribution in [3.05, 3.63) is 0 Å². The van der Waals surface area contributed by atoms with E-state index in [0.29, 0.717) is 45.7 Å². The van der Waals surface area contributed by atoms with E-state index in [2.05, 4.69) is 44.4 Å². The zero-order valence-electron chi connectivity index (χ0n) is 49.2. The van der Waals surface area contributed by atoms with Gasteiger partial charge in [-0.2, -0.15) is 0 Å². The van der Waals surface area contributed by atoms with E-state index in [9.17, 15) is 19.5 Å². The predicted molar refractivity (Wildman–Crippen MR) is 311 cm³/mol. The zero-order chi connectivity index (χ0) is 52.4. The second kappa shape index (κ2) is 51.4. The number of unbranched alkanes of at least 4 members (excludes halogenated alkanes) is 36. The lowest BCUT2D eigenvalue weighted by molar-refractivity contribution is -0.147. The van der Waals surface area contributed by atoms with Gasteiger partial charge in [-0.1, -0.05) is 272 Å². The summed E-state index contributed by atoms with van der Waals surface area (Å²) in [6.07, 6.45) is 52.8. The summed E-state index contributed by atoms with van der Waals surface area (Å²) in [5.41, 5.74) is 0. The van der Waals surface area contributed by atoms with Crippen LogP contribution in [0.1, 0.15) is 304 Å². The topological polar surface area (TPSA) is 87.6 Å². The molecule has 0 spiro atoms. The first-order chi connectivity index (χ1) is 35.3. The number of hydrogen-bond donors (Lipinski definition) is 1. The first-order valence-corrected chi connectivity index (χ1v) is 32.3. The normalized spacial score (nSPS) is 13.6. The Morgan fingerprint density at radius 3 is 0.931 bits per heavy atom. The van der Waals surface area contributed by atoms with Crippen molar-refractivity contribution < 1.29 is 19.5 Å². The SMILES string of the molecule is CCCCCCCCCCCCCCN(CC(=O)N1CCN(C(=O)CN(CCCCCCCCC)CCN(CCCCCCCCC)CCCCCCCCC)CC1)C(CCCCCCCCCC)C(=O)O. The van der Waals surface area contributed by atoms with E-state index < -0.39 is 12.0 Å². The maximum atomic E-state index is 14.1. The van der Waals surface area contributed by atoms with Crippen molar-refractivity contribution in [1.29, 1.82) is 0 Å². The van der Waals surface area contributed by atoms with Gasteiger partial charge in [-0.15, -0.1) is 0 Å². The molecule has 1 aliphatic rings. The number of hydrogen-bond acceptors (Lipinski definition) is 6. The molecule has 1 saturated heterocycles. The monoisotopic (exact) mass is 1020 g/mol. The highest BCUT2D eigenvalue weighted by molar-refractivity contribution is 5.81. The fourth-order valence-corrected chi connectivity index (χ4v) is 11.0. The third-order valence-corrected chi connectivity index (χ3v) is 16.0. The second-order valence-corrected chi connectivity index (χ2v) is 22.7. The molecule has 0 aromatic carbocycles. The molecule has 72 heavy (non-hydrogen) atoms. The fraction of sp³-hybridized carbons (Fsp3) is 0.952. The van der Waals surface area contributed by atoms with Crippen molar-refractivity contribution in [1.82, 2.24) is 24.5 Å². The average Bonchev–Trinajstić information content (AvgIpc) is 3.38. The van der Waals surface area contributed by atoms with Crippen LogP contribution in [0.3, 0.4) is 0 Å². The molecule has 0 saturated carbocycles. The summed E-state index contributed by atoms with van der Waals surface area (Å²) >= 11 is 0. The van der Waals surface area contributed by atoms with Crippen molar-refractivity contribution in [2.75, 3.05) is 78.5 Å². The molecule has 0 aromatic heterocycles. The minimum Gasteiger partial charge on any atom is -0.480 e. The smallest absolute Gasteiger partial charge is 0.320 e. The Morgan fingerprint density at radius 2 is 0.597 bits per heavy atom. The average molecular weight is 1020 g/mol. The van der Waals surface area contributed by atoms with E-state index in [4.69, 9.17) is 0 Å². The summed E-state index contributed by atoms with van der Waals surface area (Å²) in [6.45, 7) is 20.1. The van der Waals surface area contributed by atoms with Gasteiger partial charge in [-0.25, -0.2) is 0 Å². The molecule has 0 aromatic rings. The summed E-state index contributed by atoms with van der Waals surface area (Å²) in [5, 5.41) is 10.6. The minimum absolute atomic E-state index is 0.0192. The highest BCUT2D eigenvalue weighted by Crippen LogP contribution is 2.19. The first kappa shape index (κ1) is 68.3. The van der Waals surface area contributed by atoms with E-state index in [-0.39, 0.29) is 18.4 Å². The van der Waals surface area contributed by atoms with Crippen molar-refractivity contribution >= 4 is 17.8 Å². The highest BCUT2D eigenvalue weighted by Gasteiger charge is 2.31. The number of carbonyl (C=O) groups is 3. The molecule has 9 heteroatoms. The Morgan fingerprint density at radius 1 is 0.333 bits per heavy atom. The van der Waals surface area contributed by atoms with E-state index in [1.807, 2.05) is 14.7 Å². The summed E-state index contributed by atoms with van der Waals surface area (Å²) in [4.78, 5) is 52.1. The molecule has 0 bridgehead atoms. The number of carbonyl (C=O) groups excluding carboxylic acids is 2. The van der Waals surface area contributed by atoms with E-state index in [0.717, 1.165) is 58.2 Å². The molecule has 1 unspecified atom stereocenters. The van der Waals surface area contributed by atoms with Crippen LogP contribution in [0.15, 0.2) is 0 Å². The third-order valence-electron chi connectivity index (χ3n) is 16.0. The molecule has 1 rings (SSSR count). The molecule has 1 fully saturated rings. The standard InChI is InChI=1S/C63H125N5O4/c1-6-11-16-21-26-28-29-30-31-36-41-46-51-68(60(63(71)72)47-42-37-32-27-22-17-12-7-2)59-62(70)67-56-54-66(55-57-67)61(69)58-65(50-45-40-35-25-20-15-10-5)53-52-64(48-43-38-33-23-18-13-8-3)49-44-39-34-24-19-14-9-4/h60H,6-59H2,1-5H3,(H,71,72). The largest absolute Gasteiger partial charge is 0.480 e. The molecule has 0 aliphatic carbocycles. The Hall–Kier alpha value is -1.71. The minimum atomic E-state index is -0.792. The molecule has 426 valence electrons. The van der Waals surface area contributed by atoms with Gasteiger partial charge in [-0.3, -0.25) is 24.2 Å². The molecular weight excluding hydrogens is 891 g/mol. The lowest BCUT2D eigenvalue weighted by Gasteiger charge is -2.37. The van der Waals surface area contributed by atoms with Crippen LogP contribution in [-0.4, -0.2) is 132 Å². The first-order valence-electron chi connectivity index (χ1n) is 32.3. The van der Waals surface area contributed by atoms with Gasteiger partial charge in [0.2, 0.25) is 11.8 Å². The van der Waals surface area contributed by atoms with E-state index in [1.165, 1.54) is 238 Å². The number of nitrogens with zero attached hydrogens (tertiary/aromatic N) is 5. The van der Waals surface area contributed by atoms with Crippen LogP contribution in [0.25, 0.3) is 0 Å².